The average Bonchev–Trinajstić information content (AvgIpc) is 3.24. The number of methoxy groups -OCH3 is 1. The molecule has 0 amide bonds. The molecule has 20 nitrogen and oxygen atoms in total. The van der Waals surface area contributed by atoms with Gasteiger partial charge in [0.05, 0.1) is 191 Å². The minimum Gasteiger partial charge on any atom is -0.487 e. The van der Waals surface area contributed by atoms with E-state index in [2.05, 4.69) is 0 Å². The molecule has 58 heavy (non-hydrogen) atoms. The molecule has 0 aliphatic heterocycles. The van der Waals surface area contributed by atoms with Crippen molar-refractivity contribution in [2.24, 2.45) is 0 Å². The van der Waals surface area contributed by atoms with Crippen LogP contribution in [-0.2, 0) is 61.6 Å². The smallest absolute Gasteiger partial charge is 0.338 e. The molecule has 0 aliphatic carbocycles. The van der Waals surface area contributed by atoms with E-state index < -0.39 is 5.97 Å². The third-order valence-corrected chi connectivity index (χ3v) is 6.94. The maximum atomic E-state index is 12.6. The molecule has 1 aromatic carbocycles. The lowest BCUT2D eigenvalue weighted by atomic mass is 10.2. The Hall–Kier alpha value is -2.51. The third-order valence-electron chi connectivity index (χ3n) is 6.94. The van der Waals surface area contributed by atoms with E-state index in [0.717, 1.165) is 0 Å². The zero-order chi connectivity index (χ0) is 41.8. The van der Waals surface area contributed by atoms with Crippen molar-refractivity contribution in [3.05, 3.63) is 17.7 Å². The molecule has 0 saturated heterocycles. The number of carbonyl (C=O) groups excluding carboxylic acids is 1. The van der Waals surface area contributed by atoms with Crippen LogP contribution in [0.3, 0.4) is 0 Å². The van der Waals surface area contributed by atoms with Gasteiger partial charge in [0.25, 0.3) is 0 Å². The summed E-state index contributed by atoms with van der Waals surface area (Å²) in [6.07, 6.45) is 0. The average molecular weight is 845 g/mol. The lowest BCUT2D eigenvalue weighted by Gasteiger charge is -2.18. The molecule has 0 bridgehead atoms. The van der Waals surface area contributed by atoms with Crippen LogP contribution in [0.25, 0.3) is 0 Å². The van der Waals surface area contributed by atoms with Crippen LogP contribution in [0.1, 0.15) is 10.4 Å². The number of aliphatic hydroxyl groups excluding tert-OH is 3. The summed E-state index contributed by atoms with van der Waals surface area (Å²) in [7, 11) is 1.28. The Balaban J connectivity index is 2.58. The van der Waals surface area contributed by atoms with Crippen LogP contribution in [0, 0.1) is 0 Å². The summed E-state index contributed by atoms with van der Waals surface area (Å²) in [5.41, 5.74) is 0.197. The van der Waals surface area contributed by atoms with Gasteiger partial charge in [0.1, 0.15) is 19.8 Å². The second-order valence-electron chi connectivity index (χ2n) is 11.4. The first-order valence-electron chi connectivity index (χ1n) is 19.6. The Morgan fingerprint density at radius 3 is 0.828 bits per heavy atom. The standard InChI is InChI=1S/C38H68O20/c1-43-38(42)34-32-35(56-29-26-53-23-20-50-17-14-47-11-8-44-5-2-39)37(58-31-28-55-25-22-52-19-16-49-13-10-46-7-4-41)36(33-34)57-30-27-54-24-21-51-18-15-48-12-9-45-6-3-40/h32-33,39-41H,2-31H2,1H3. The van der Waals surface area contributed by atoms with Gasteiger partial charge in [0.15, 0.2) is 11.5 Å². The number of rotatable bonds is 46. The van der Waals surface area contributed by atoms with Gasteiger partial charge in [-0.1, -0.05) is 0 Å². The molecule has 0 heterocycles. The van der Waals surface area contributed by atoms with Gasteiger partial charge in [-0.05, 0) is 12.1 Å². The van der Waals surface area contributed by atoms with Gasteiger partial charge in [0, 0.05) is 0 Å². The van der Waals surface area contributed by atoms with Gasteiger partial charge >= 0.3 is 5.97 Å². The van der Waals surface area contributed by atoms with Crippen molar-refractivity contribution in [1.82, 2.24) is 0 Å². The fourth-order valence-electron chi connectivity index (χ4n) is 4.27. The van der Waals surface area contributed by atoms with E-state index in [1.807, 2.05) is 0 Å². The summed E-state index contributed by atoms with van der Waals surface area (Å²) in [5, 5.41) is 26.1. The maximum absolute atomic E-state index is 12.6. The Labute approximate surface area is 341 Å². The van der Waals surface area contributed by atoms with E-state index in [-0.39, 0.29) is 102 Å². The van der Waals surface area contributed by atoms with E-state index in [4.69, 9.17) is 91.1 Å². The highest BCUT2D eigenvalue weighted by Crippen LogP contribution is 2.39. The zero-order valence-corrected chi connectivity index (χ0v) is 34.1. The quantitative estimate of drug-likeness (QED) is 0.0570. The Morgan fingerprint density at radius 2 is 0.586 bits per heavy atom. The van der Waals surface area contributed by atoms with E-state index >= 15 is 0 Å². The normalized spacial score (nSPS) is 11.3. The number of esters is 1. The molecule has 0 atom stereocenters. The summed E-state index contributed by atoms with van der Waals surface area (Å²) >= 11 is 0. The predicted octanol–water partition coefficient (Wildman–Crippen LogP) is -0.214. The molecule has 340 valence electrons. The second-order valence-corrected chi connectivity index (χ2v) is 11.4. The van der Waals surface area contributed by atoms with Crippen molar-refractivity contribution in [2.75, 3.05) is 205 Å². The van der Waals surface area contributed by atoms with Crippen molar-refractivity contribution < 1.29 is 95.9 Å². The molecule has 0 radical (unpaired) electrons. The summed E-state index contributed by atoms with van der Waals surface area (Å²) < 4.78 is 88.1. The van der Waals surface area contributed by atoms with E-state index in [1.165, 1.54) is 19.2 Å². The van der Waals surface area contributed by atoms with Crippen molar-refractivity contribution in [3.8, 4) is 17.2 Å². The van der Waals surface area contributed by atoms with Gasteiger partial charge in [0.2, 0.25) is 5.75 Å². The Bertz CT molecular complexity index is 985. The Kier molecular flexibility index (Phi) is 39.3. The number of hydrogen-bond acceptors (Lipinski definition) is 20. The minimum atomic E-state index is -0.588. The highest BCUT2D eigenvalue weighted by atomic mass is 16.6. The second kappa shape index (κ2) is 42.6. The largest absolute Gasteiger partial charge is 0.487 e. The molecule has 0 aliphatic rings. The van der Waals surface area contributed by atoms with Crippen LogP contribution in [0.5, 0.6) is 17.2 Å². The first-order chi connectivity index (χ1) is 28.7. The Morgan fingerprint density at radius 1 is 0.362 bits per heavy atom. The summed E-state index contributed by atoms with van der Waals surface area (Å²) in [5.74, 6) is 0.178. The van der Waals surface area contributed by atoms with Gasteiger partial charge in [-0.3, -0.25) is 0 Å². The SMILES string of the molecule is COC(=O)c1cc(OCCOCCOCCOCCOCCO)c(OCCOCCOCCOCCOCCO)c(OCCOCCOCCOCCOCCO)c1. The minimum absolute atomic E-state index is 0.0206. The maximum Gasteiger partial charge on any atom is 0.338 e. The highest BCUT2D eigenvalue weighted by Gasteiger charge is 2.20. The molecule has 0 unspecified atom stereocenters. The number of carbonyl (C=O) groups is 1. The van der Waals surface area contributed by atoms with E-state index in [1.54, 1.807) is 0 Å². The van der Waals surface area contributed by atoms with E-state index in [9.17, 15) is 4.79 Å². The van der Waals surface area contributed by atoms with Crippen molar-refractivity contribution >= 4 is 5.97 Å². The first-order valence-corrected chi connectivity index (χ1v) is 19.6. The zero-order valence-electron chi connectivity index (χ0n) is 34.1. The van der Waals surface area contributed by atoms with Crippen LogP contribution < -0.4 is 14.2 Å². The van der Waals surface area contributed by atoms with Gasteiger partial charge in [-0.15, -0.1) is 0 Å². The van der Waals surface area contributed by atoms with E-state index in [0.29, 0.717) is 119 Å². The molecular weight excluding hydrogens is 776 g/mol. The van der Waals surface area contributed by atoms with Crippen LogP contribution in [-0.4, -0.2) is 227 Å². The topological polar surface area (TPSA) is 225 Å². The molecule has 0 saturated carbocycles. The first kappa shape index (κ1) is 53.5. The van der Waals surface area contributed by atoms with Crippen LogP contribution in [0.2, 0.25) is 0 Å². The monoisotopic (exact) mass is 844 g/mol. The summed E-state index contributed by atoms with van der Waals surface area (Å²) in [6.45, 7) is 8.90. The van der Waals surface area contributed by atoms with Crippen LogP contribution in [0.4, 0.5) is 0 Å². The van der Waals surface area contributed by atoms with Crippen LogP contribution in [0.15, 0.2) is 12.1 Å². The third kappa shape index (κ3) is 32.4. The van der Waals surface area contributed by atoms with Crippen molar-refractivity contribution in [1.29, 1.82) is 0 Å². The molecule has 1 rings (SSSR count). The summed E-state index contributed by atoms with van der Waals surface area (Å²) in [6, 6.07) is 3.03. The molecule has 0 spiro atoms. The number of aliphatic hydroxyl groups is 3. The fraction of sp³-hybridized carbons (Fsp3) is 0.816. The highest BCUT2D eigenvalue weighted by molar-refractivity contribution is 5.91. The molecule has 0 aromatic heterocycles. The predicted molar refractivity (Wildman–Crippen MR) is 205 cm³/mol. The number of ether oxygens (including phenoxy) is 16. The lowest BCUT2D eigenvalue weighted by Crippen LogP contribution is -2.16. The molecule has 3 N–H and O–H groups in total. The molecule has 20 heteroatoms. The molecule has 1 aromatic rings. The molecule has 0 fully saturated rings. The number of benzene rings is 1. The van der Waals surface area contributed by atoms with Gasteiger partial charge < -0.3 is 91.1 Å². The fourth-order valence-corrected chi connectivity index (χ4v) is 4.27. The van der Waals surface area contributed by atoms with Crippen molar-refractivity contribution in [3.63, 3.8) is 0 Å². The van der Waals surface area contributed by atoms with Crippen molar-refractivity contribution in [2.45, 2.75) is 0 Å². The molecular formula is C38H68O20. The lowest BCUT2D eigenvalue weighted by molar-refractivity contribution is -0.00897. The number of hydrogen-bond donors (Lipinski definition) is 3. The summed E-state index contributed by atoms with van der Waals surface area (Å²) in [4.78, 5) is 12.6. The van der Waals surface area contributed by atoms with Gasteiger partial charge in [-0.25, -0.2) is 4.79 Å². The van der Waals surface area contributed by atoms with Crippen LogP contribution >= 0.6 is 0 Å². The van der Waals surface area contributed by atoms with Gasteiger partial charge in [-0.2, -0.15) is 0 Å².